The van der Waals surface area contributed by atoms with Crippen LogP contribution in [-0.2, 0) is 4.79 Å². The second kappa shape index (κ2) is 6.93. The smallest absolute Gasteiger partial charge is 0.200 e. The van der Waals surface area contributed by atoms with Crippen molar-refractivity contribution in [1.29, 1.82) is 0 Å². The van der Waals surface area contributed by atoms with Crippen LogP contribution >= 0.6 is 0 Å². The molecule has 1 aliphatic rings. The van der Waals surface area contributed by atoms with Crippen LogP contribution in [0.3, 0.4) is 0 Å². The zero-order chi connectivity index (χ0) is 19.8. The molecule has 2 rings (SSSR count). The molecule has 1 aromatic rings. The van der Waals surface area contributed by atoms with Crippen LogP contribution in [-0.4, -0.2) is 5.78 Å². The Labute approximate surface area is 146 Å². The minimum absolute atomic E-state index is 0.147. The van der Waals surface area contributed by atoms with E-state index in [1.165, 1.54) is 12.2 Å². The fourth-order valence-corrected chi connectivity index (χ4v) is 2.27. The summed E-state index contributed by atoms with van der Waals surface area (Å²) in [5, 5.41) is 6.50. The van der Waals surface area contributed by atoms with Crippen LogP contribution in [0.15, 0.2) is 45.3 Å². The lowest BCUT2D eigenvalue weighted by atomic mass is 9.78. The Balaban J connectivity index is 2.45. The van der Waals surface area contributed by atoms with Crippen molar-refractivity contribution in [2.75, 3.05) is 0 Å². The summed E-state index contributed by atoms with van der Waals surface area (Å²) < 4.78 is 66.3. The van der Waals surface area contributed by atoms with Gasteiger partial charge < -0.3 is 0 Å². The zero-order valence-electron chi connectivity index (χ0n) is 14.4. The molecule has 0 saturated heterocycles. The van der Waals surface area contributed by atoms with Gasteiger partial charge in [0.15, 0.2) is 34.7 Å². The molecule has 0 bridgehead atoms. The summed E-state index contributed by atoms with van der Waals surface area (Å²) in [5.74, 6) is -10.7. The predicted octanol–water partition coefficient (Wildman–Crippen LogP) is 5.85. The lowest BCUT2D eigenvalue weighted by Crippen LogP contribution is -2.21. The van der Waals surface area contributed by atoms with Crippen LogP contribution in [0.4, 0.5) is 27.6 Å². The van der Waals surface area contributed by atoms with Crippen molar-refractivity contribution < 1.29 is 26.7 Å². The monoisotopic (exact) mass is 370 g/mol. The van der Waals surface area contributed by atoms with E-state index in [-0.39, 0.29) is 5.78 Å². The Morgan fingerprint density at radius 1 is 0.885 bits per heavy atom. The highest BCUT2D eigenvalue weighted by Crippen LogP contribution is 2.33. The summed E-state index contributed by atoms with van der Waals surface area (Å²) in [5.41, 5.74) is -0.514. The van der Waals surface area contributed by atoms with Gasteiger partial charge in [0.05, 0.1) is 6.20 Å². The lowest BCUT2D eigenvalue weighted by molar-refractivity contribution is -0.113. The van der Waals surface area contributed by atoms with Crippen molar-refractivity contribution in [2.24, 2.45) is 15.6 Å². The van der Waals surface area contributed by atoms with Crippen LogP contribution < -0.4 is 0 Å². The minimum Gasteiger partial charge on any atom is -0.289 e. The number of halogens is 5. The molecule has 0 aliphatic heterocycles. The first kappa shape index (κ1) is 19.7. The SMILES string of the molecule is CC1=C/C(=C/N=Nc2c(F)c(F)c(F)c(F)c2F)C=C(C(C)(C)C)C1=O. The molecule has 3 nitrogen and oxygen atoms in total. The van der Waals surface area contributed by atoms with Crippen LogP contribution in [0.5, 0.6) is 0 Å². The molecule has 8 heteroatoms. The number of hydrogen-bond donors (Lipinski definition) is 0. The number of carbonyl (C=O) groups excluding carboxylic acids is 1. The predicted molar refractivity (Wildman–Crippen MR) is 85.1 cm³/mol. The van der Waals surface area contributed by atoms with Gasteiger partial charge >= 0.3 is 0 Å². The van der Waals surface area contributed by atoms with Gasteiger partial charge in [-0.15, -0.1) is 5.11 Å². The number of hydrogen-bond acceptors (Lipinski definition) is 3. The number of carbonyl (C=O) groups is 1. The lowest BCUT2D eigenvalue weighted by Gasteiger charge is -2.24. The standard InChI is InChI=1S/C18H15F5N2O/c1-8-5-9(6-10(17(8)26)18(2,3)4)7-24-25-16-14(22)12(20)11(19)13(21)15(16)23/h5-7H,1-4H3/b9-7-,25-24?. The maximum absolute atomic E-state index is 13.5. The molecule has 0 unspecified atom stereocenters. The van der Waals surface area contributed by atoms with E-state index >= 15 is 0 Å². The number of rotatable bonds is 2. The van der Waals surface area contributed by atoms with Crippen molar-refractivity contribution in [3.8, 4) is 0 Å². The number of Topliss-reactive ketones (excluding diaryl/α,β-unsaturated/α-hetero) is 1. The molecule has 0 amide bonds. The molecule has 0 aromatic heterocycles. The third-order valence-electron chi connectivity index (χ3n) is 3.66. The fourth-order valence-electron chi connectivity index (χ4n) is 2.27. The number of azo groups is 1. The van der Waals surface area contributed by atoms with Gasteiger partial charge in [-0.25, -0.2) is 22.0 Å². The maximum atomic E-state index is 13.5. The summed E-state index contributed by atoms with van der Waals surface area (Å²) in [7, 11) is 0. The normalized spacial score (nSPS) is 17.1. The Hall–Kier alpha value is -2.64. The molecule has 26 heavy (non-hydrogen) atoms. The molecule has 138 valence electrons. The third-order valence-corrected chi connectivity index (χ3v) is 3.66. The van der Waals surface area contributed by atoms with E-state index in [1.807, 2.05) is 20.8 Å². The van der Waals surface area contributed by atoms with Gasteiger partial charge in [0.1, 0.15) is 0 Å². The highest BCUT2D eigenvalue weighted by Gasteiger charge is 2.27. The molecular weight excluding hydrogens is 355 g/mol. The molecule has 0 radical (unpaired) electrons. The van der Waals surface area contributed by atoms with Crippen LogP contribution in [0.2, 0.25) is 0 Å². The molecule has 0 fully saturated rings. The second-order valence-electron chi connectivity index (χ2n) is 6.73. The molecule has 0 saturated carbocycles. The van der Waals surface area contributed by atoms with Gasteiger partial charge in [-0.2, -0.15) is 5.11 Å². The average molecular weight is 370 g/mol. The average Bonchev–Trinajstić information content (AvgIpc) is 2.56. The molecule has 0 N–H and O–H groups in total. The first-order chi connectivity index (χ1) is 11.9. The minimum atomic E-state index is -2.26. The quantitative estimate of drug-likeness (QED) is 0.279. The summed E-state index contributed by atoms with van der Waals surface area (Å²) >= 11 is 0. The zero-order valence-corrected chi connectivity index (χ0v) is 14.4. The van der Waals surface area contributed by atoms with Crippen molar-refractivity contribution in [2.45, 2.75) is 27.7 Å². The molecular formula is C18H15F5N2O. The van der Waals surface area contributed by atoms with E-state index < -0.39 is 40.2 Å². The van der Waals surface area contributed by atoms with E-state index in [1.54, 1.807) is 6.92 Å². The fraction of sp³-hybridized carbons (Fsp3) is 0.278. The topological polar surface area (TPSA) is 41.8 Å². The molecule has 1 aromatic carbocycles. The Bertz CT molecular complexity index is 876. The van der Waals surface area contributed by atoms with Gasteiger partial charge in [-0.1, -0.05) is 20.8 Å². The Morgan fingerprint density at radius 2 is 1.38 bits per heavy atom. The van der Waals surface area contributed by atoms with E-state index in [0.717, 1.165) is 6.20 Å². The van der Waals surface area contributed by atoms with E-state index in [9.17, 15) is 26.7 Å². The molecule has 1 aliphatic carbocycles. The summed E-state index contributed by atoms with van der Waals surface area (Å²) in [6.07, 6.45) is 4.09. The summed E-state index contributed by atoms with van der Waals surface area (Å²) in [4.78, 5) is 12.2. The van der Waals surface area contributed by atoms with Gasteiger partial charge in [0.25, 0.3) is 0 Å². The molecule has 0 spiro atoms. The van der Waals surface area contributed by atoms with Crippen molar-refractivity contribution in [3.63, 3.8) is 0 Å². The van der Waals surface area contributed by atoms with Crippen LogP contribution in [0.1, 0.15) is 27.7 Å². The largest absolute Gasteiger partial charge is 0.289 e. The van der Waals surface area contributed by atoms with Gasteiger partial charge in [-0.3, -0.25) is 4.79 Å². The van der Waals surface area contributed by atoms with Gasteiger partial charge in [0.2, 0.25) is 5.82 Å². The van der Waals surface area contributed by atoms with Crippen LogP contribution in [0.25, 0.3) is 0 Å². The first-order valence-electron chi connectivity index (χ1n) is 7.52. The van der Waals surface area contributed by atoms with Crippen molar-refractivity contribution in [3.05, 3.63) is 64.2 Å². The summed E-state index contributed by atoms with van der Waals surface area (Å²) in [6, 6.07) is 0. The van der Waals surface area contributed by atoms with E-state index in [4.69, 9.17) is 0 Å². The van der Waals surface area contributed by atoms with E-state index in [0.29, 0.717) is 16.7 Å². The Kier molecular flexibility index (Phi) is 5.25. The maximum Gasteiger partial charge on any atom is 0.200 e. The highest BCUT2D eigenvalue weighted by atomic mass is 19.2. The molecule has 0 atom stereocenters. The Morgan fingerprint density at radius 3 is 1.88 bits per heavy atom. The van der Waals surface area contributed by atoms with E-state index in [2.05, 4.69) is 10.2 Å². The highest BCUT2D eigenvalue weighted by molar-refractivity contribution is 6.10. The number of nitrogens with zero attached hydrogens (tertiary/aromatic N) is 2. The van der Waals surface area contributed by atoms with Crippen molar-refractivity contribution >= 4 is 11.5 Å². The number of ketones is 1. The van der Waals surface area contributed by atoms with Gasteiger partial charge in [0, 0.05) is 5.57 Å². The summed E-state index contributed by atoms with van der Waals surface area (Å²) in [6.45, 7) is 7.10. The third kappa shape index (κ3) is 3.63. The van der Waals surface area contributed by atoms with Crippen LogP contribution in [0, 0.1) is 34.5 Å². The number of benzene rings is 1. The second-order valence-corrected chi connectivity index (χ2v) is 6.73. The number of allylic oxidation sites excluding steroid dienone is 5. The first-order valence-corrected chi connectivity index (χ1v) is 7.52. The molecule has 0 heterocycles. The van der Waals surface area contributed by atoms with Gasteiger partial charge in [-0.05, 0) is 35.6 Å². The van der Waals surface area contributed by atoms with Crippen molar-refractivity contribution in [1.82, 2.24) is 0 Å².